The largest absolute Gasteiger partial charge is 0.382 e. The Hall–Kier alpha value is -2.39. The Morgan fingerprint density at radius 2 is 1.67 bits per heavy atom. The molecule has 2 aliphatic rings. The molecule has 2 aliphatic heterocycles. The van der Waals surface area contributed by atoms with Gasteiger partial charge in [0.05, 0.1) is 27.0 Å². The van der Waals surface area contributed by atoms with Crippen molar-refractivity contribution in [3.8, 4) is 0 Å². The van der Waals surface area contributed by atoms with Crippen LogP contribution in [0.4, 0.5) is 22.5 Å². The van der Waals surface area contributed by atoms with E-state index in [0.29, 0.717) is 15.4 Å². The predicted molar refractivity (Wildman–Crippen MR) is 149 cm³/mol. The number of pyridine rings is 1. The lowest BCUT2D eigenvalue weighted by Crippen LogP contribution is -2.46. The number of carbonyl (C=O) groups excluding carboxylic acids is 1. The van der Waals surface area contributed by atoms with Crippen molar-refractivity contribution in [2.24, 2.45) is 5.41 Å². The van der Waals surface area contributed by atoms with Crippen molar-refractivity contribution in [2.45, 2.75) is 32.6 Å². The molecule has 190 valence electrons. The van der Waals surface area contributed by atoms with Gasteiger partial charge in [-0.2, -0.15) is 0 Å². The molecule has 10 heteroatoms. The Labute approximate surface area is 225 Å². The summed E-state index contributed by atoms with van der Waals surface area (Å²) in [5.41, 5.74) is 8.51. The number of piperidine rings is 2. The molecule has 4 heterocycles. The van der Waals surface area contributed by atoms with Crippen LogP contribution in [0.15, 0.2) is 30.3 Å². The maximum absolute atomic E-state index is 13.1. The first-order valence-electron chi connectivity index (χ1n) is 12.2. The fourth-order valence-electron chi connectivity index (χ4n) is 5.15. The molecular formula is C26H30Cl2N6OS. The fraction of sp³-hybridized carbons (Fsp3) is 0.423. The average Bonchev–Trinajstić information content (AvgIpc) is 3.23. The van der Waals surface area contributed by atoms with E-state index in [1.807, 2.05) is 13.0 Å². The van der Waals surface area contributed by atoms with E-state index in [1.165, 1.54) is 50.1 Å². The molecule has 0 aliphatic carbocycles. The van der Waals surface area contributed by atoms with E-state index in [1.54, 1.807) is 18.2 Å². The first kappa shape index (κ1) is 25.3. The van der Waals surface area contributed by atoms with Crippen molar-refractivity contribution < 1.29 is 4.79 Å². The molecule has 5 rings (SSSR count). The van der Waals surface area contributed by atoms with Gasteiger partial charge in [-0.25, -0.2) is 9.97 Å². The number of nitrogens with one attached hydrogen (secondary N) is 1. The number of ketones is 1. The molecule has 36 heavy (non-hydrogen) atoms. The molecule has 1 spiro atoms. The number of halogens is 2. The SMILES string of the molecule is Cc1nc(N2CCC3(CCN(C)CC3)CC2)ccc1Nc1nc(N)c(C(=O)c2c(Cl)cccc2Cl)s1. The summed E-state index contributed by atoms with van der Waals surface area (Å²) in [6, 6.07) is 9.02. The highest BCUT2D eigenvalue weighted by Crippen LogP contribution is 2.42. The summed E-state index contributed by atoms with van der Waals surface area (Å²) in [7, 11) is 2.22. The zero-order valence-corrected chi connectivity index (χ0v) is 22.8. The van der Waals surface area contributed by atoms with Gasteiger partial charge in [-0.1, -0.05) is 40.6 Å². The number of nitrogens with zero attached hydrogens (tertiary/aromatic N) is 4. The second-order valence-corrected chi connectivity index (χ2v) is 11.7. The summed E-state index contributed by atoms with van der Waals surface area (Å²) in [4.78, 5) is 27.4. The number of hydrogen-bond donors (Lipinski definition) is 2. The minimum absolute atomic E-state index is 0.141. The lowest BCUT2D eigenvalue weighted by atomic mass is 9.71. The van der Waals surface area contributed by atoms with Gasteiger partial charge in [0.15, 0.2) is 5.13 Å². The van der Waals surface area contributed by atoms with Crippen LogP contribution in [0.5, 0.6) is 0 Å². The molecule has 2 saturated heterocycles. The first-order chi connectivity index (χ1) is 17.2. The number of carbonyl (C=O) groups is 1. The van der Waals surface area contributed by atoms with Gasteiger partial charge in [-0.05, 0) is 82.4 Å². The third-order valence-corrected chi connectivity index (χ3v) is 9.17. The number of rotatable bonds is 5. The molecule has 3 N–H and O–H groups in total. The highest BCUT2D eigenvalue weighted by Gasteiger charge is 2.37. The van der Waals surface area contributed by atoms with Crippen LogP contribution in [0.25, 0.3) is 0 Å². The van der Waals surface area contributed by atoms with Crippen LogP contribution in [-0.2, 0) is 0 Å². The van der Waals surface area contributed by atoms with E-state index in [9.17, 15) is 4.79 Å². The van der Waals surface area contributed by atoms with Crippen LogP contribution in [0.1, 0.15) is 46.6 Å². The van der Waals surface area contributed by atoms with E-state index >= 15 is 0 Å². The molecule has 2 aromatic heterocycles. The lowest BCUT2D eigenvalue weighted by Gasteiger charge is -2.46. The van der Waals surface area contributed by atoms with Gasteiger partial charge in [-0.3, -0.25) is 4.79 Å². The van der Waals surface area contributed by atoms with Crippen LogP contribution in [0, 0.1) is 12.3 Å². The zero-order valence-electron chi connectivity index (χ0n) is 20.5. The fourth-order valence-corrected chi connectivity index (χ4v) is 6.56. The van der Waals surface area contributed by atoms with Crippen LogP contribution < -0.4 is 16.0 Å². The number of thiazole rings is 1. The van der Waals surface area contributed by atoms with E-state index in [-0.39, 0.29) is 27.2 Å². The maximum atomic E-state index is 13.1. The maximum Gasteiger partial charge on any atom is 0.209 e. The van der Waals surface area contributed by atoms with Gasteiger partial charge < -0.3 is 20.9 Å². The van der Waals surface area contributed by atoms with Crippen molar-refractivity contribution in [3.05, 3.63) is 56.5 Å². The second-order valence-electron chi connectivity index (χ2n) is 9.88. The van der Waals surface area contributed by atoms with Crippen molar-refractivity contribution in [2.75, 3.05) is 49.2 Å². The highest BCUT2D eigenvalue weighted by atomic mass is 35.5. The summed E-state index contributed by atoms with van der Waals surface area (Å²) in [6.45, 7) is 6.47. The summed E-state index contributed by atoms with van der Waals surface area (Å²) >= 11 is 13.6. The summed E-state index contributed by atoms with van der Waals surface area (Å²) < 4.78 is 0. The number of likely N-dealkylation sites (tertiary alicyclic amines) is 1. The molecule has 7 nitrogen and oxygen atoms in total. The third-order valence-electron chi connectivity index (χ3n) is 7.56. The summed E-state index contributed by atoms with van der Waals surface area (Å²) in [6.07, 6.45) is 5.06. The Kier molecular flexibility index (Phi) is 7.14. The highest BCUT2D eigenvalue weighted by molar-refractivity contribution is 7.18. The van der Waals surface area contributed by atoms with E-state index in [2.05, 4.69) is 33.2 Å². The van der Waals surface area contributed by atoms with E-state index < -0.39 is 0 Å². The van der Waals surface area contributed by atoms with Crippen LogP contribution in [-0.4, -0.2) is 53.9 Å². The number of anilines is 4. The second kappa shape index (κ2) is 10.2. The summed E-state index contributed by atoms with van der Waals surface area (Å²) in [5, 5.41) is 4.35. The monoisotopic (exact) mass is 544 g/mol. The zero-order chi connectivity index (χ0) is 25.4. The Morgan fingerprint density at radius 1 is 1.03 bits per heavy atom. The smallest absolute Gasteiger partial charge is 0.209 e. The number of nitrogen functional groups attached to an aromatic ring is 1. The van der Waals surface area contributed by atoms with Gasteiger partial charge in [0, 0.05) is 13.1 Å². The Morgan fingerprint density at radius 3 is 2.31 bits per heavy atom. The third kappa shape index (κ3) is 5.05. The van der Waals surface area contributed by atoms with Crippen molar-refractivity contribution in [3.63, 3.8) is 0 Å². The average molecular weight is 546 g/mol. The van der Waals surface area contributed by atoms with Gasteiger partial charge in [0.1, 0.15) is 16.5 Å². The van der Waals surface area contributed by atoms with Gasteiger partial charge in [0.2, 0.25) is 5.78 Å². The number of hydrogen-bond acceptors (Lipinski definition) is 8. The van der Waals surface area contributed by atoms with E-state index in [4.69, 9.17) is 33.9 Å². The number of nitrogens with two attached hydrogens (primary N) is 1. The molecule has 0 amide bonds. The molecule has 0 bridgehead atoms. The molecule has 3 aromatic rings. The summed E-state index contributed by atoms with van der Waals surface area (Å²) in [5.74, 6) is 0.803. The molecule has 2 fully saturated rings. The molecule has 1 aromatic carbocycles. The minimum atomic E-state index is -0.341. The van der Waals surface area contributed by atoms with Crippen LogP contribution in [0.3, 0.4) is 0 Å². The molecule has 0 radical (unpaired) electrons. The molecule has 0 unspecified atom stereocenters. The Bertz CT molecular complexity index is 1260. The topological polar surface area (TPSA) is 87.4 Å². The first-order valence-corrected chi connectivity index (χ1v) is 13.8. The van der Waals surface area contributed by atoms with Crippen LogP contribution in [0.2, 0.25) is 10.0 Å². The van der Waals surface area contributed by atoms with Crippen molar-refractivity contribution in [1.29, 1.82) is 0 Å². The van der Waals surface area contributed by atoms with Gasteiger partial charge in [0.25, 0.3) is 0 Å². The lowest BCUT2D eigenvalue weighted by molar-refractivity contribution is 0.0943. The van der Waals surface area contributed by atoms with Gasteiger partial charge in [-0.15, -0.1) is 0 Å². The minimum Gasteiger partial charge on any atom is -0.382 e. The van der Waals surface area contributed by atoms with Crippen molar-refractivity contribution >= 4 is 62.8 Å². The Balaban J connectivity index is 1.27. The number of benzene rings is 1. The standard InChI is InChI=1S/C26H30Cl2N6OS/c1-16-19(6-7-20(30-16)34-14-10-26(11-15-34)8-12-33(2)13-9-26)31-25-32-24(29)23(36-25)22(35)21-17(27)4-3-5-18(21)28/h3-7H,8-15,29H2,1-2H3,(H,31,32). The molecule has 0 saturated carbocycles. The molecular weight excluding hydrogens is 515 g/mol. The number of aromatic nitrogens is 2. The normalized spacial score (nSPS) is 17.9. The quantitative estimate of drug-likeness (QED) is 0.379. The van der Waals surface area contributed by atoms with Crippen molar-refractivity contribution in [1.82, 2.24) is 14.9 Å². The predicted octanol–water partition coefficient (Wildman–Crippen LogP) is 6.02. The van der Waals surface area contributed by atoms with Crippen LogP contribution >= 0.6 is 34.5 Å². The molecule has 0 atom stereocenters. The van der Waals surface area contributed by atoms with Gasteiger partial charge >= 0.3 is 0 Å². The number of aryl methyl sites for hydroxylation is 1. The van der Waals surface area contributed by atoms with E-state index in [0.717, 1.165) is 30.3 Å².